The van der Waals surface area contributed by atoms with Crippen molar-refractivity contribution in [2.45, 2.75) is 0 Å². The second kappa shape index (κ2) is 5.01. The van der Waals surface area contributed by atoms with Gasteiger partial charge in [0.05, 0.1) is 25.5 Å². The highest BCUT2D eigenvalue weighted by Crippen LogP contribution is 2.22. The summed E-state index contributed by atoms with van der Waals surface area (Å²) in [7, 11) is 2.62. The SMILES string of the molecule is COC(=O)Nc1ccc(OC)cc1C(=O)O. The Balaban J connectivity index is 3.08. The number of amides is 1. The fourth-order valence-corrected chi connectivity index (χ4v) is 1.10. The van der Waals surface area contributed by atoms with E-state index in [9.17, 15) is 9.59 Å². The lowest BCUT2D eigenvalue weighted by Crippen LogP contribution is -2.14. The van der Waals surface area contributed by atoms with Gasteiger partial charge < -0.3 is 14.6 Å². The molecule has 0 unspecified atom stereocenters. The molecule has 1 aromatic carbocycles. The van der Waals surface area contributed by atoms with E-state index in [1.807, 2.05) is 0 Å². The fraction of sp³-hybridized carbons (Fsp3) is 0.200. The van der Waals surface area contributed by atoms with Crippen molar-refractivity contribution in [2.75, 3.05) is 19.5 Å². The van der Waals surface area contributed by atoms with E-state index in [1.165, 1.54) is 32.4 Å². The quantitative estimate of drug-likeness (QED) is 0.815. The van der Waals surface area contributed by atoms with Crippen molar-refractivity contribution >= 4 is 17.7 Å². The van der Waals surface area contributed by atoms with Crippen molar-refractivity contribution in [3.8, 4) is 5.75 Å². The predicted octanol–water partition coefficient (Wildman–Crippen LogP) is 1.57. The second-order valence-electron chi connectivity index (χ2n) is 2.83. The summed E-state index contributed by atoms with van der Waals surface area (Å²) in [6.45, 7) is 0. The third kappa shape index (κ3) is 2.63. The van der Waals surface area contributed by atoms with Gasteiger partial charge in [0.2, 0.25) is 0 Å². The number of aromatic carboxylic acids is 1. The smallest absolute Gasteiger partial charge is 0.411 e. The molecule has 0 heterocycles. The summed E-state index contributed by atoms with van der Waals surface area (Å²) >= 11 is 0. The number of rotatable bonds is 3. The van der Waals surface area contributed by atoms with Gasteiger partial charge in [0.25, 0.3) is 0 Å². The molecule has 86 valence electrons. The zero-order valence-electron chi connectivity index (χ0n) is 8.81. The third-order valence-electron chi connectivity index (χ3n) is 1.88. The van der Waals surface area contributed by atoms with Crippen molar-refractivity contribution in [1.82, 2.24) is 0 Å². The number of hydrogen-bond donors (Lipinski definition) is 2. The third-order valence-corrected chi connectivity index (χ3v) is 1.88. The van der Waals surface area contributed by atoms with Crippen LogP contribution in [0.3, 0.4) is 0 Å². The minimum absolute atomic E-state index is 0.0650. The van der Waals surface area contributed by atoms with Gasteiger partial charge in [0.15, 0.2) is 0 Å². The Morgan fingerprint density at radius 2 is 2.00 bits per heavy atom. The van der Waals surface area contributed by atoms with E-state index in [0.29, 0.717) is 5.75 Å². The Labute approximate surface area is 91.8 Å². The van der Waals surface area contributed by atoms with Crippen LogP contribution in [0.4, 0.5) is 10.5 Å². The number of carboxylic acids is 1. The summed E-state index contributed by atoms with van der Waals surface area (Å²) in [5, 5.41) is 11.2. The monoisotopic (exact) mass is 225 g/mol. The van der Waals surface area contributed by atoms with Crippen molar-refractivity contribution in [2.24, 2.45) is 0 Å². The van der Waals surface area contributed by atoms with Gasteiger partial charge in [0, 0.05) is 0 Å². The van der Waals surface area contributed by atoms with Crippen LogP contribution in [0.25, 0.3) is 0 Å². The van der Waals surface area contributed by atoms with E-state index in [4.69, 9.17) is 9.84 Å². The van der Waals surface area contributed by atoms with Gasteiger partial charge in [0.1, 0.15) is 5.75 Å². The molecule has 1 amide bonds. The van der Waals surface area contributed by atoms with E-state index in [1.54, 1.807) is 0 Å². The summed E-state index contributed by atoms with van der Waals surface area (Å²) in [5.74, 6) is -0.766. The first-order valence-electron chi connectivity index (χ1n) is 4.34. The molecule has 0 aliphatic rings. The van der Waals surface area contributed by atoms with Crippen LogP contribution in [-0.4, -0.2) is 31.4 Å². The van der Waals surface area contributed by atoms with Crippen LogP contribution in [-0.2, 0) is 4.74 Å². The Morgan fingerprint density at radius 1 is 1.31 bits per heavy atom. The molecule has 1 aromatic rings. The molecule has 0 saturated carbocycles. The molecule has 0 spiro atoms. The molecular formula is C10H11NO5. The Kier molecular flexibility index (Phi) is 3.71. The maximum Gasteiger partial charge on any atom is 0.411 e. The summed E-state index contributed by atoms with van der Waals surface area (Å²) in [4.78, 5) is 21.9. The number of hydrogen-bond acceptors (Lipinski definition) is 4. The van der Waals surface area contributed by atoms with Gasteiger partial charge >= 0.3 is 12.1 Å². The van der Waals surface area contributed by atoms with Crippen molar-refractivity contribution in [3.63, 3.8) is 0 Å². The highest BCUT2D eigenvalue weighted by atomic mass is 16.5. The number of carbonyl (C=O) groups excluding carboxylic acids is 1. The molecule has 0 aliphatic carbocycles. The maximum atomic E-state index is 11.0. The van der Waals surface area contributed by atoms with Crippen LogP contribution in [0.2, 0.25) is 0 Å². The average Bonchev–Trinajstić information content (AvgIpc) is 2.29. The molecular weight excluding hydrogens is 214 g/mol. The first-order valence-corrected chi connectivity index (χ1v) is 4.34. The van der Waals surface area contributed by atoms with E-state index >= 15 is 0 Å². The van der Waals surface area contributed by atoms with E-state index < -0.39 is 12.1 Å². The minimum atomic E-state index is -1.16. The van der Waals surface area contributed by atoms with E-state index in [-0.39, 0.29) is 11.3 Å². The van der Waals surface area contributed by atoms with Crippen molar-refractivity contribution in [1.29, 1.82) is 0 Å². The van der Waals surface area contributed by atoms with Crippen LogP contribution in [0.1, 0.15) is 10.4 Å². The lowest BCUT2D eigenvalue weighted by atomic mass is 10.1. The number of carbonyl (C=O) groups is 2. The summed E-state index contributed by atoms with van der Waals surface area (Å²) in [6.07, 6.45) is -0.729. The molecule has 0 fully saturated rings. The molecule has 2 N–H and O–H groups in total. The molecule has 16 heavy (non-hydrogen) atoms. The highest BCUT2D eigenvalue weighted by molar-refractivity contribution is 5.99. The van der Waals surface area contributed by atoms with Gasteiger partial charge in [-0.25, -0.2) is 9.59 Å². The molecule has 1 rings (SSSR count). The van der Waals surface area contributed by atoms with Crippen LogP contribution in [0.5, 0.6) is 5.75 Å². The molecule has 0 atom stereocenters. The average molecular weight is 225 g/mol. The molecule has 0 radical (unpaired) electrons. The molecule has 6 heteroatoms. The second-order valence-corrected chi connectivity index (χ2v) is 2.83. The topological polar surface area (TPSA) is 84.9 Å². The number of benzene rings is 1. The van der Waals surface area contributed by atoms with Crippen molar-refractivity contribution in [3.05, 3.63) is 23.8 Å². The molecule has 0 aliphatic heterocycles. The standard InChI is InChI=1S/C10H11NO5/c1-15-6-3-4-8(11-10(14)16-2)7(5-6)9(12)13/h3-5H,1-2H3,(H,11,14)(H,12,13). The lowest BCUT2D eigenvalue weighted by Gasteiger charge is -2.08. The predicted molar refractivity (Wildman–Crippen MR) is 56.0 cm³/mol. The largest absolute Gasteiger partial charge is 0.497 e. The number of anilines is 1. The molecule has 0 saturated heterocycles. The molecule has 0 aromatic heterocycles. The minimum Gasteiger partial charge on any atom is -0.497 e. The highest BCUT2D eigenvalue weighted by Gasteiger charge is 2.13. The van der Waals surface area contributed by atoms with Gasteiger partial charge in [-0.3, -0.25) is 5.32 Å². The molecule has 0 bridgehead atoms. The summed E-state index contributed by atoms with van der Waals surface area (Å²) in [6, 6.07) is 4.28. The zero-order valence-corrected chi connectivity index (χ0v) is 8.81. The molecule has 6 nitrogen and oxygen atoms in total. The van der Waals surface area contributed by atoms with Gasteiger partial charge in [-0.1, -0.05) is 0 Å². The number of ether oxygens (including phenoxy) is 2. The lowest BCUT2D eigenvalue weighted by molar-refractivity contribution is 0.0697. The summed E-state index contributed by atoms with van der Waals surface area (Å²) in [5.41, 5.74) is 0.0879. The van der Waals surface area contributed by atoms with E-state index in [0.717, 1.165) is 0 Å². The van der Waals surface area contributed by atoms with Crippen molar-refractivity contribution < 1.29 is 24.2 Å². The van der Waals surface area contributed by atoms with Gasteiger partial charge in [-0.15, -0.1) is 0 Å². The number of carboxylic acid groups (broad SMARTS) is 1. The van der Waals surface area contributed by atoms with Crippen LogP contribution < -0.4 is 10.1 Å². The van der Waals surface area contributed by atoms with Crippen LogP contribution in [0.15, 0.2) is 18.2 Å². The van der Waals surface area contributed by atoms with Gasteiger partial charge in [-0.2, -0.15) is 0 Å². The Morgan fingerprint density at radius 3 is 2.50 bits per heavy atom. The first-order chi connectivity index (χ1) is 7.58. The van der Waals surface area contributed by atoms with Crippen LogP contribution >= 0.6 is 0 Å². The van der Waals surface area contributed by atoms with Crippen LogP contribution in [0, 0.1) is 0 Å². The normalized spacial score (nSPS) is 9.38. The van der Waals surface area contributed by atoms with Gasteiger partial charge in [-0.05, 0) is 18.2 Å². The summed E-state index contributed by atoms with van der Waals surface area (Å²) < 4.78 is 9.26. The van der Waals surface area contributed by atoms with E-state index in [2.05, 4.69) is 10.1 Å². The fourth-order valence-electron chi connectivity index (χ4n) is 1.10. The number of nitrogens with one attached hydrogen (secondary N) is 1. The Bertz CT molecular complexity index is 416. The first kappa shape index (κ1) is 11.8. The number of methoxy groups -OCH3 is 2. The zero-order chi connectivity index (χ0) is 12.1. The maximum absolute atomic E-state index is 11.0. The Hall–Kier alpha value is -2.24.